The number of hydrogen-bond donors (Lipinski definition) is 1. The molecule has 0 fully saturated rings. The van der Waals surface area contributed by atoms with E-state index < -0.39 is 6.04 Å². The number of methoxy groups -OCH3 is 1. The van der Waals surface area contributed by atoms with Gasteiger partial charge in [0, 0.05) is 11.3 Å². The fraction of sp³-hybridized carbons (Fsp3) is 0.207. The van der Waals surface area contributed by atoms with Crippen molar-refractivity contribution >= 4 is 11.6 Å². The molecule has 1 N–H and O–H groups in total. The third-order valence-electron chi connectivity index (χ3n) is 6.48. The van der Waals surface area contributed by atoms with Gasteiger partial charge in [-0.25, -0.2) is 4.79 Å². The van der Waals surface area contributed by atoms with Gasteiger partial charge in [-0.2, -0.15) is 4.98 Å². The molecule has 2 amide bonds. The van der Waals surface area contributed by atoms with Crippen molar-refractivity contribution in [1.29, 1.82) is 0 Å². The van der Waals surface area contributed by atoms with E-state index in [1.54, 1.807) is 12.0 Å². The molecule has 3 aromatic carbocycles. The van der Waals surface area contributed by atoms with Crippen LogP contribution in [-0.4, -0.2) is 28.2 Å². The number of amides is 2. The van der Waals surface area contributed by atoms with Crippen LogP contribution in [-0.2, 0) is 13.0 Å². The summed E-state index contributed by atoms with van der Waals surface area (Å²) in [5.41, 5.74) is 5.53. The van der Waals surface area contributed by atoms with Gasteiger partial charge in [0.25, 0.3) is 5.89 Å². The number of allylic oxidation sites excluding steroid dienone is 1. The number of carbonyl (C=O) groups is 1. The van der Waals surface area contributed by atoms with E-state index >= 15 is 0 Å². The molecule has 0 bridgehead atoms. The van der Waals surface area contributed by atoms with Gasteiger partial charge in [-0.1, -0.05) is 78.8 Å². The van der Waals surface area contributed by atoms with Gasteiger partial charge in [-0.15, -0.1) is 0 Å². The molecule has 2 heterocycles. The Morgan fingerprint density at radius 3 is 2.47 bits per heavy atom. The molecule has 7 nitrogen and oxygen atoms in total. The number of aromatic nitrogens is 2. The molecule has 4 aromatic rings. The second kappa shape index (κ2) is 10.1. The van der Waals surface area contributed by atoms with Gasteiger partial charge >= 0.3 is 6.03 Å². The zero-order valence-corrected chi connectivity index (χ0v) is 20.6. The first-order valence-corrected chi connectivity index (χ1v) is 12.0. The van der Waals surface area contributed by atoms with Crippen LogP contribution in [0.2, 0.25) is 0 Å². The molecular formula is C29H28N4O3. The lowest BCUT2D eigenvalue weighted by atomic mass is 9.94. The fourth-order valence-corrected chi connectivity index (χ4v) is 4.42. The molecule has 0 spiro atoms. The van der Waals surface area contributed by atoms with Crippen LogP contribution < -0.4 is 10.1 Å². The van der Waals surface area contributed by atoms with Gasteiger partial charge < -0.3 is 14.6 Å². The quantitative estimate of drug-likeness (QED) is 0.351. The van der Waals surface area contributed by atoms with E-state index in [9.17, 15) is 4.79 Å². The molecule has 0 saturated carbocycles. The van der Waals surface area contributed by atoms with Crippen LogP contribution in [0, 0.1) is 0 Å². The van der Waals surface area contributed by atoms with Gasteiger partial charge in [-0.05, 0) is 42.2 Å². The molecule has 1 atom stereocenters. The summed E-state index contributed by atoms with van der Waals surface area (Å²) in [5.74, 6) is 1.56. The average molecular weight is 481 g/mol. The van der Waals surface area contributed by atoms with Crippen molar-refractivity contribution in [2.24, 2.45) is 0 Å². The molecule has 36 heavy (non-hydrogen) atoms. The topological polar surface area (TPSA) is 80.5 Å². The standard InChI is InChI=1S/C29H28N4O3/c1-4-20-13-15-21(16-14-20)18-33-19(2)25(28-31-27(32-36-28)22-9-6-5-7-10-22)26(30-29(33)34)23-11-8-12-24(17-23)35-3/h5-17,26H,4,18H2,1-3H3,(H,30,34). The summed E-state index contributed by atoms with van der Waals surface area (Å²) in [6.07, 6.45) is 0.969. The molecular weight excluding hydrogens is 452 g/mol. The molecule has 5 rings (SSSR count). The van der Waals surface area contributed by atoms with Crippen LogP contribution >= 0.6 is 0 Å². The number of rotatable bonds is 7. The first-order chi connectivity index (χ1) is 17.6. The highest BCUT2D eigenvalue weighted by molar-refractivity contribution is 5.87. The van der Waals surface area contributed by atoms with Crippen LogP contribution in [0.3, 0.4) is 0 Å². The Hall–Kier alpha value is -4.39. The molecule has 7 heteroatoms. The van der Waals surface area contributed by atoms with Gasteiger partial charge in [-0.3, -0.25) is 4.90 Å². The van der Waals surface area contributed by atoms with Crippen molar-refractivity contribution in [1.82, 2.24) is 20.4 Å². The number of carbonyl (C=O) groups excluding carboxylic acids is 1. The normalized spacial score (nSPS) is 15.7. The zero-order valence-electron chi connectivity index (χ0n) is 20.6. The molecule has 182 valence electrons. The van der Waals surface area contributed by atoms with Crippen LogP contribution in [0.4, 0.5) is 4.79 Å². The maximum atomic E-state index is 13.4. The monoisotopic (exact) mass is 480 g/mol. The van der Waals surface area contributed by atoms with Crippen LogP contribution in [0.5, 0.6) is 5.75 Å². The zero-order chi connectivity index (χ0) is 25.1. The Morgan fingerprint density at radius 1 is 1.00 bits per heavy atom. The average Bonchev–Trinajstić information content (AvgIpc) is 3.41. The number of nitrogens with one attached hydrogen (secondary N) is 1. The molecule has 1 aliphatic heterocycles. The maximum absolute atomic E-state index is 13.4. The number of benzene rings is 3. The highest BCUT2D eigenvalue weighted by Gasteiger charge is 2.36. The first kappa shape index (κ1) is 23.4. The Labute approximate surface area is 210 Å². The Kier molecular flexibility index (Phi) is 6.54. The lowest BCUT2D eigenvalue weighted by molar-refractivity contribution is 0.203. The number of nitrogens with zero attached hydrogens (tertiary/aromatic N) is 3. The third kappa shape index (κ3) is 4.60. The predicted octanol–water partition coefficient (Wildman–Crippen LogP) is 6.01. The minimum atomic E-state index is -0.476. The fourth-order valence-electron chi connectivity index (χ4n) is 4.42. The number of hydrogen-bond acceptors (Lipinski definition) is 5. The summed E-state index contributed by atoms with van der Waals surface area (Å²) >= 11 is 0. The maximum Gasteiger partial charge on any atom is 0.322 e. The van der Waals surface area contributed by atoms with E-state index in [-0.39, 0.29) is 6.03 Å². The summed E-state index contributed by atoms with van der Waals surface area (Å²) in [6.45, 7) is 4.47. The van der Waals surface area contributed by atoms with Gasteiger partial charge in [0.05, 0.1) is 25.3 Å². The van der Waals surface area contributed by atoms with E-state index in [2.05, 4.69) is 41.7 Å². The second-order valence-corrected chi connectivity index (χ2v) is 8.70. The second-order valence-electron chi connectivity index (χ2n) is 8.70. The smallest absolute Gasteiger partial charge is 0.322 e. The van der Waals surface area contributed by atoms with Crippen molar-refractivity contribution in [2.75, 3.05) is 7.11 Å². The molecule has 1 unspecified atom stereocenters. The lowest BCUT2D eigenvalue weighted by Crippen LogP contribution is -2.45. The molecule has 0 aliphatic carbocycles. The first-order valence-electron chi connectivity index (χ1n) is 12.0. The summed E-state index contributed by atoms with van der Waals surface area (Å²) in [7, 11) is 1.62. The van der Waals surface area contributed by atoms with Gasteiger partial charge in [0.1, 0.15) is 5.75 Å². The Balaban J connectivity index is 1.58. The summed E-state index contributed by atoms with van der Waals surface area (Å²) in [4.78, 5) is 19.8. The van der Waals surface area contributed by atoms with E-state index in [1.807, 2.05) is 61.5 Å². The van der Waals surface area contributed by atoms with Gasteiger partial charge in [0.2, 0.25) is 5.82 Å². The number of ether oxygens (including phenoxy) is 1. The van der Waals surface area contributed by atoms with E-state index in [1.165, 1.54) is 5.56 Å². The van der Waals surface area contributed by atoms with Crippen molar-refractivity contribution in [3.05, 3.63) is 107 Å². The number of urea groups is 1. The number of aryl methyl sites for hydroxylation is 1. The van der Waals surface area contributed by atoms with Crippen LogP contribution in [0.15, 0.2) is 89.1 Å². The minimum Gasteiger partial charge on any atom is -0.497 e. The minimum absolute atomic E-state index is 0.188. The van der Waals surface area contributed by atoms with Crippen molar-refractivity contribution < 1.29 is 14.1 Å². The van der Waals surface area contributed by atoms with Crippen LogP contribution in [0.1, 0.15) is 42.5 Å². The highest BCUT2D eigenvalue weighted by atomic mass is 16.5. The van der Waals surface area contributed by atoms with E-state index in [4.69, 9.17) is 14.2 Å². The summed E-state index contributed by atoms with van der Waals surface area (Å²) in [5, 5.41) is 7.38. The molecule has 1 aromatic heterocycles. The highest BCUT2D eigenvalue weighted by Crippen LogP contribution is 2.38. The van der Waals surface area contributed by atoms with Gasteiger partial charge in [0.15, 0.2) is 0 Å². The van der Waals surface area contributed by atoms with Crippen molar-refractivity contribution in [3.63, 3.8) is 0 Å². The third-order valence-corrected chi connectivity index (χ3v) is 6.48. The predicted molar refractivity (Wildman–Crippen MR) is 138 cm³/mol. The molecule has 0 saturated heterocycles. The van der Waals surface area contributed by atoms with E-state index in [0.717, 1.165) is 34.4 Å². The Morgan fingerprint density at radius 2 is 1.75 bits per heavy atom. The van der Waals surface area contributed by atoms with E-state index in [0.29, 0.717) is 24.0 Å². The summed E-state index contributed by atoms with van der Waals surface area (Å²) < 4.78 is 11.2. The van der Waals surface area contributed by atoms with Crippen molar-refractivity contribution in [3.8, 4) is 17.1 Å². The molecule has 0 radical (unpaired) electrons. The van der Waals surface area contributed by atoms with Crippen LogP contribution in [0.25, 0.3) is 17.0 Å². The SMILES string of the molecule is CCc1ccc(CN2C(=O)NC(c3cccc(OC)c3)C(c3nc(-c4ccccc4)no3)=C2C)cc1. The molecule has 1 aliphatic rings. The largest absolute Gasteiger partial charge is 0.497 e. The Bertz CT molecular complexity index is 1390. The summed E-state index contributed by atoms with van der Waals surface area (Å²) in [6, 6.07) is 25.0. The van der Waals surface area contributed by atoms with Crippen molar-refractivity contribution in [2.45, 2.75) is 32.9 Å². The lowest BCUT2D eigenvalue weighted by Gasteiger charge is -2.35.